The van der Waals surface area contributed by atoms with Crippen molar-refractivity contribution in [3.05, 3.63) is 12.2 Å². The summed E-state index contributed by atoms with van der Waals surface area (Å²) in [6, 6.07) is 0. The molecule has 1 unspecified atom stereocenters. The average molecular weight is 127 g/mol. The van der Waals surface area contributed by atoms with E-state index in [9.17, 15) is 4.79 Å². The normalized spacial score (nSPS) is 26.0. The van der Waals surface area contributed by atoms with Crippen LogP contribution >= 0.6 is 0 Å². The highest BCUT2D eigenvalue weighted by Gasteiger charge is 2.14. The van der Waals surface area contributed by atoms with Gasteiger partial charge in [-0.25, -0.2) is 0 Å². The maximum atomic E-state index is 10.4. The highest BCUT2D eigenvalue weighted by Crippen LogP contribution is 2.04. The number of amides is 1. The summed E-state index contributed by atoms with van der Waals surface area (Å²) in [5.41, 5.74) is 4.97. The fourth-order valence-electron chi connectivity index (χ4n) is 0.726. The van der Waals surface area contributed by atoms with Gasteiger partial charge in [-0.15, -0.1) is 0 Å². The van der Waals surface area contributed by atoms with Crippen LogP contribution in [0.2, 0.25) is 0 Å². The molecule has 1 aliphatic rings. The van der Waals surface area contributed by atoms with Crippen molar-refractivity contribution < 1.29 is 9.53 Å². The van der Waals surface area contributed by atoms with Crippen LogP contribution in [0.15, 0.2) is 12.2 Å². The second kappa shape index (κ2) is 2.64. The van der Waals surface area contributed by atoms with Crippen LogP contribution in [0, 0.1) is 0 Å². The van der Waals surface area contributed by atoms with Crippen molar-refractivity contribution in [3.63, 3.8) is 0 Å². The Balaban J connectivity index is 2.44. The van der Waals surface area contributed by atoms with Crippen molar-refractivity contribution >= 4 is 5.91 Å². The molecular formula is C6H9NO2. The Bertz CT molecular complexity index is 142. The first-order valence-corrected chi connectivity index (χ1v) is 2.86. The van der Waals surface area contributed by atoms with Gasteiger partial charge in [-0.05, 0) is 0 Å². The molecule has 1 amide bonds. The van der Waals surface area contributed by atoms with E-state index in [0.29, 0.717) is 13.0 Å². The van der Waals surface area contributed by atoms with Crippen LogP contribution in [-0.2, 0) is 9.53 Å². The van der Waals surface area contributed by atoms with Crippen molar-refractivity contribution in [3.8, 4) is 0 Å². The number of rotatable bonds is 1. The van der Waals surface area contributed by atoms with Gasteiger partial charge in [-0.2, -0.15) is 0 Å². The summed E-state index contributed by atoms with van der Waals surface area (Å²) in [6.07, 6.45) is 4.00. The summed E-state index contributed by atoms with van der Waals surface area (Å²) in [5.74, 6) is -0.376. The fraction of sp³-hybridized carbons (Fsp3) is 0.500. The molecule has 0 aromatic carbocycles. The Morgan fingerprint density at radius 3 is 2.78 bits per heavy atom. The number of hydrogen-bond acceptors (Lipinski definition) is 2. The molecule has 2 N–H and O–H groups in total. The Kier molecular flexibility index (Phi) is 1.85. The lowest BCUT2D eigenvalue weighted by atomic mass is 10.2. The van der Waals surface area contributed by atoms with Crippen LogP contribution in [0.1, 0.15) is 6.42 Å². The van der Waals surface area contributed by atoms with E-state index < -0.39 is 6.10 Å². The molecule has 0 aliphatic carbocycles. The molecule has 0 spiro atoms. The van der Waals surface area contributed by atoms with E-state index >= 15 is 0 Å². The third-order valence-electron chi connectivity index (χ3n) is 1.23. The summed E-state index contributed by atoms with van der Waals surface area (Å²) in [5, 5.41) is 0. The number of carbonyl (C=O) groups is 1. The molecule has 0 saturated heterocycles. The standard InChI is InChI=1S/C6H9NO2/c7-6(8)5-3-1-2-4-9-5/h1-2,5H,3-4H2,(H2,7,8). The van der Waals surface area contributed by atoms with Gasteiger partial charge in [0.2, 0.25) is 5.91 Å². The minimum absolute atomic E-state index is 0.376. The van der Waals surface area contributed by atoms with Crippen LogP contribution in [-0.4, -0.2) is 18.6 Å². The molecule has 3 heteroatoms. The zero-order valence-electron chi connectivity index (χ0n) is 5.04. The van der Waals surface area contributed by atoms with E-state index in [-0.39, 0.29) is 5.91 Å². The van der Waals surface area contributed by atoms with Gasteiger partial charge in [0.1, 0.15) is 6.10 Å². The topological polar surface area (TPSA) is 52.3 Å². The summed E-state index contributed by atoms with van der Waals surface area (Å²) < 4.78 is 4.98. The first-order chi connectivity index (χ1) is 4.30. The molecule has 0 aromatic heterocycles. The van der Waals surface area contributed by atoms with E-state index in [0.717, 1.165) is 0 Å². The summed E-state index contributed by atoms with van der Waals surface area (Å²) in [4.78, 5) is 10.4. The monoisotopic (exact) mass is 127 g/mol. The number of primary amides is 1. The van der Waals surface area contributed by atoms with Crippen molar-refractivity contribution in [1.29, 1.82) is 0 Å². The Hall–Kier alpha value is -0.830. The molecular weight excluding hydrogens is 118 g/mol. The molecule has 0 radical (unpaired) electrons. The summed E-state index contributed by atoms with van der Waals surface area (Å²) in [7, 11) is 0. The molecule has 0 aromatic rings. The van der Waals surface area contributed by atoms with Crippen LogP contribution in [0.25, 0.3) is 0 Å². The Morgan fingerprint density at radius 2 is 2.44 bits per heavy atom. The zero-order valence-corrected chi connectivity index (χ0v) is 5.04. The van der Waals surface area contributed by atoms with Crippen LogP contribution < -0.4 is 5.73 Å². The predicted molar refractivity (Wildman–Crippen MR) is 32.7 cm³/mol. The van der Waals surface area contributed by atoms with E-state index in [1.165, 1.54) is 0 Å². The van der Waals surface area contributed by atoms with Crippen LogP contribution in [0.3, 0.4) is 0 Å². The smallest absolute Gasteiger partial charge is 0.246 e. The highest BCUT2D eigenvalue weighted by atomic mass is 16.5. The maximum absolute atomic E-state index is 10.4. The van der Waals surface area contributed by atoms with Crippen molar-refractivity contribution in [2.24, 2.45) is 5.73 Å². The van der Waals surface area contributed by atoms with E-state index in [1.54, 1.807) is 0 Å². The molecule has 0 fully saturated rings. The molecule has 9 heavy (non-hydrogen) atoms. The lowest BCUT2D eigenvalue weighted by Gasteiger charge is -2.14. The lowest BCUT2D eigenvalue weighted by Crippen LogP contribution is -2.32. The molecule has 1 atom stereocenters. The van der Waals surface area contributed by atoms with E-state index in [2.05, 4.69) is 0 Å². The minimum Gasteiger partial charge on any atom is -0.367 e. The molecule has 50 valence electrons. The first kappa shape index (κ1) is 6.29. The second-order valence-corrected chi connectivity index (χ2v) is 1.93. The predicted octanol–water partition coefficient (Wildman–Crippen LogP) is -0.183. The van der Waals surface area contributed by atoms with Crippen molar-refractivity contribution in [2.75, 3.05) is 6.61 Å². The molecule has 1 rings (SSSR count). The summed E-state index contributed by atoms with van der Waals surface area (Å²) >= 11 is 0. The average Bonchev–Trinajstić information content (AvgIpc) is 1.90. The fourth-order valence-corrected chi connectivity index (χ4v) is 0.726. The molecule has 0 saturated carbocycles. The van der Waals surface area contributed by atoms with Gasteiger partial charge in [0, 0.05) is 6.42 Å². The van der Waals surface area contributed by atoms with Gasteiger partial charge in [-0.3, -0.25) is 4.79 Å². The molecule has 0 bridgehead atoms. The lowest BCUT2D eigenvalue weighted by molar-refractivity contribution is -0.128. The maximum Gasteiger partial charge on any atom is 0.246 e. The molecule has 1 heterocycles. The highest BCUT2D eigenvalue weighted by molar-refractivity contribution is 5.79. The zero-order chi connectivity index (χ0) is 6.69. The molecule has 3 nitrogen and oxygen atoms in total. The number of ether oxygens (including phenoxy) is 1. The van der Waals surface area contributed by atoms with Gasteiger partial charge in [0.15, 0.2) is 0 Å². The van der Waals surface area contributed by atoms with Crippen molar-refractivity contribution in [1.82, 2.24) is 0 Å². The third-order valence-corrected chi connectivity index (χ3v) is 1.23. The SMILES string of the molecule is NC(=O)C1CC=CCO1. The quantitative estimate of drug-likeness (QED) is 0.496. The third kappa shape index (κ3) is 1.54. The Morgan fingerprint density at radius 1 is 1.67 bits per heavy atom. The van der Waals surface area contributed by atoms with Crippen molar-refractivity contribution in [2.45, 2.75) is 12.5 Å². The largest absolute Gasteiger partial charge is 0.367 e. The van der Waals surface area contributed by atoms with Crippen LogP contribution in [0.5, 0.6) is 0 Å². The van der Waals surface area contributed by atoms with Gasteiger partial charge < -0.3 is 10.5 Å². The number of nitrogens with two attached hydrogens (primary N) is 1. The summed E-state index contributed by atoms with van der Waals surface area (Å²) in [6.45, 7) is 0.508. The Labute approximate surface area is 53.5 Å². The van der Waals surface area contributed by atoms with Gasteiger partial charge in [0.05, 0.1) is 6.61 Å². The number of hydrogen-bond donors (Lipinski definition) is 1. The minimum atomic E-state index is -0.394. The van der Waals surface area contributed by atoms with E-state index in [1.807, 2.05) is 12.2 Å². The first-order valence-electron chi connectivity index (χ1n) is 2.86. The number of carbonyl (C=O) groups excluding carboxylic acids is 1. The van der Waals surface area contributed by atoms with Gasteiger partial charge in [-0.1, -0.05) is 12.2 Å². The second-order valence-electron chi connectivity index (χ2n) is 1.93. The molecule has 1 aliphatic heterocycles. The van der Waals surface area contributed by atoms with E-state index in [4.69, 9.17) is 10.5 Å². The van der Waals surface area contributed by atoms with Crippen LogP contribution in [0.4, 0.5) is 0 Å². The van der Waals surface area contributed by atoms with Gasteiger partial charge >= 0.3 is 0 Å². The van der Waals surface area contributed by atoms with Gasteiger partial charge in [0.25, 0.3) is 0 Å².